The molecule has 4 rings (SSSR count). The van der Waals surface area contributed by atoms with E-state index < -0.39 is 0 Å². The first-order chi connectivity index (χ1) is 12.6. The highest BCUT2D eigenvalue weighted by Gasteiger charge is 2.36. The molecular formula is C21H25ClN4O. The summed E-state index contributed by atoms with van der Waals surface area (Å²) in [4.78, 5) is 15.0. The molecule has 0 unspecified atom stereocenters. The van der Waals surface area contributed by atoms with Crippen molar-refractivity contribution < 1.29 is 4.79 Å². The Kier molecular flexibility index (Phi) is 5.82. The van der Waals surface area contributed by atoms with Crippen LogP contribution in [0, 0.1) is 5.92 Å². The van der Waals surface area contributed by atoms with Crippen LogP contribution in [0.1, 0.15) is 17.0 Å². The van der Waals surface area contributed by atoms with Gasteiger partial charge in [-0.2, -0.15) is 5.10 Å². The van der Waals surface area contributed by atoms with Crippen molar-refractivity contribution in [3.63, 3.8) is 0 Å². The number of amides is 1. The van der Waals surface area contributed by atoms with Gasteiger partial charge in [0.2, 0.25) is 5.91 Å². The third kappa shape index (κ3) is 3.84. The van der Waals surface area contributed by atoms with E-state index in [2.05, 4.69) is 40.7 Å². The largest absolute Gasteiger partial charge is 0.341 e. The molecule has 1 N–H and O–H groups in total. The Bertz CT molecular complexity index is 933. The molecule has 3 aromatic rings. The van der Waals surface area contributed by atoms with Gasteiger partial charge in [-0.25, -0.2) is 0 Å². The first kappa shape index (κ1) is 19.4. The van der Waals surface area contributed by atoms with Crippen LogP contribution in [0.25, 0.3) is 10.8 Å². The Hall–Kier alpha value is -2.37. The van der Waals surface area contributed by atoms with Gasteiger partial charge >= 0.3 is 0 Å². The summed E-state index contributed by atoms with van der Waals surface area (Å²) < 4.78 is 1.80. The first-order valence-corrected chi connectivity index (χ1v) is 9.04. The van der Waals surface area contributed by atoms with Gasteiger partial charge in [0.15, 0.2) is 0 Å². The van der Waals surface area contributed by atoms with E-state index >= 15 is 0 Å². The Morgan fingerprint density at radius 1 is 1.22 bits per heavy atom. The summed E-state index contributed by atoms with van der Waals surface area (Å²) in [5.41, 5.74) is 2.32. The maximum Gasteiger partial charge on any atom is 0.227 e. The number of hydrogen-bond donors (Lipinski definition) is 1. The third-order valence-corrected chi connectivity index (χ3v) is 5.35. The van der Waals surface area contributed by atoms with Crippen LogP contribution in [0.4, 0.5) is 0 Å². The van der Waals surface area contributed by atoms with Crippen molar-refractivity contribution in [1.29, 1.82) is 0 Å². The first-order valence-electron chi connectivity index (χ1n) is 9.04. The number of benzene rings is 2. The van der Waals surface area contributed by atoms with E-state index in [1.54, 1.807) is 4.68 Å². The van der Waals surface area contributed by atoms with Gasteiger partial charge in [-0.05, 0) is 21.9 Å². The van der Waals surface area contributed by atoms with Gasteiger partial charge in [-0.3, -0.25) is 9.48 Å². The Balaban J connectivity index is 0.00000210. The summed E-state index contributed by atoms with van der Waals surface area (Å²) >= 11 is 0. The molecule has 2 aromatic carbocycles. The summed E-state index contributed by atoms with van der Waals surface area (Å²) in [6, 6.07) is 14.6. The summed E-state index contributed by atoms with van der Waals surface area (Å²) in [5.74, 6) is 0.335. The summed E-state index contributed by atoms with van der Waals surface area (Å²) in [6.45, 7) is 2.17. The molecule has 6 heteroatoms. The molecule has 1 aromatic heterocycles. The topological polar surface area (TPSA) is 50.2 Å². The molecule has 2 atom stereocenters. The maximum atomic E-state index is 13.1. The summed E-state index contributed by atoms with van der Waals surface area (Å²) in [5, 5.41) is 10.1. The van der Waals surface area contributed by atoms with Crippen molar-refractivity contribution in [3.05, 3.63) is 66.0 Å². The fraction of sp³-hybridized carbons (Fsp3) is 0.333. The number of carbonyl (C=O) groups excluding carboxylic acids is 1. The molecule has 1 fully saturated rings. The van der Waals surface area contributed by atoms with Gasteiger partial charge in [0.05, 0.1) is 12.1 Å². The van der Waals surface area contributed by atoms with E-state index in [-0.39, 0.29) is 30.2 Å². The lowest BCUT2D eigenvalue weighted by Gasteiger charge is -2.24. The fourth-order valence-electron chi connectivity index (χ4n) is 3.97. The van der Waals surface area contributed by atoms with Gasteiger partial charge in [-0.1, -0.05) is 42.5 Å². The zero-order valence-electron chi connectivity index (χ0n) is 15.6. The molecule has 142 valence electrons. The molecule has 5 nitrogen and oxygen atoms in total. The second kappa shape index (κ2) is 8.11. The van der Waals surface area contributed by atoms with Crippen LogP contribution < -0.4 is 5.32 Å². The molecule has 1 aliphatic heterocycles. The highest BCUT2D eigenvalue weighted by Crippen LogP contribution is 2.30. The molecule has 1 amide bonds. The van der Waals surface area contributed by atoms with Gasteiger partial charge in [0.25, 0.3) is 0 Å². The average Bonchev–Trinajstić information content (AvgIpc) is 3.30. The zero-order valence-corrected chi connectivity index (χ0v) is 16.4. The summed E-state index contributed by atoms with van der Waals surface area (Å²) in [7, 11) is 3.82. The predicted molar refractivity (Wildman–Crippen MR) is 110 cm³/mol. The Labute approximate surface area is 165 Å². The third-order valence-electron chi connectivity index (χ3n) is 5.35. The molecule has 0 bridgehead atoms. The number of aromatic nitrogens is 2. The van der Waals surface area contributed by atoms with Crippen molar-refractivity contribution in [2.45, 2.75) is 12.5 Å². The predicted octanol–water partition coefficient (Wildman–Crippen LogP) is 2.96. The van der Waals surface area contributed by atoms with Crippen LogP contribution in [0.5, 0.6) is 0 Å². The highest BCUT2D eigenvalue weighted by atomic mass is 35.5. The number of aryl methyl sites for hydroxylation is 1. The van der Waals surface area contributed by atoms with E-state index in [9.17, 15) is 4.79 Å². The number of rotatable bonds is 4. The second-order valence-corrected chi connectivity index (χ2v) is 7.15. The summed E-state index contributed by atoms with van der Waals surface area (Å²) in [6.07, 6.45) is 3.89. The van der Waals surface area contributed by atoms with Crippen molar-refractivity contribution >= 4 is 29.1 Å². The zero-order chi connectivity index (χ0) is 18.1. The van der Waals surface area contributed by atoms with Gasteiger partial charge < -0.3 is 10.2 Å². The molecule has 0 radical (unpaired) electrons. The number of fused-ring (bicyclic) bond motifs is 1. The molecule has 2 heterocycles. The lowest BCUT2D eigenvalue weighted by atomic mass is 9.89. The molecule has 27 heavy (non-hydrogen) atoms. The standard InChI is InChI=1S/C21H24N4O.ClH/c1-24(13-16-8-5-7-15-6-3-4-9-18(15)16)21(26)20-12-22-11-19(20)17-10-23-25(2)14-17;/h3-10,14,19-20,22H,11-13H2,1-2H3;1H/t19-,20+;/m1./s1. The Morgan fingerprint density at radius 2 is 2.00 bits per heavy atom. The quantitative estimate of drug-likeness (QED) is 0.752. The number of nitrogens with zero attached hydrogens (tertiary/aromatic N) is 3. The smallest absolute Gasteiger partial charge is 0.227 e. The normalized spacial score (nSPS) is 19.0. The van der Waals surface area contributed by atoms with E-state index in [4.69, 9.17) is 0 Å². The van der Waals surface area contributed by atoms with E-state index in [1.165, 1.54) is 16.3 Å². The van der Waals surface area contributed by atoms with E-state index in [1.807, 2.05) is 43.5 Å². The van der Waals surface area contributed by atoms with Crippen molar-refractivity contribution in [2.75, 3.05) is 20.1 Å². The van der Waals surface area contributed by atoms with Gasteiger partial charge in [0, 0.05) is 45.8 Å². The minimum Gasteiger partial charge on any atom is -0.341 e. The van der Waals surface area contributed by atoms with Crippen LogP contribution in [0.2, 0.25) is 0 Å². The molecule has 0 aliphatic carbocycles. The maximum absolute atomic E-state index is 13.1. The van der Waals surface area contributed by atoms with E-state index in [0.29, 0.717) is 6.54 Å². The molecule has 1 saturated heterocycles. The van der Waals surface area contributed by atoms with Crippen LogP contribution >= 0.6 is 12.4 Å². The van der Waals surface area contributed by atoms with Crippen LogP contribution in [-0.4, -0.2) is 40.7 Å². The highest BCUT2D eigenvalue weighted by molar-refractivity contribution is 5.86. The SMILES string of the molecule is CN(Cc1cccc2ccccc12)C(=O)[C@H]1CNC[C@@H]1c1cnn(C)c1.Cl. The minimum atomic E-state index is -0.0424. The van der Waals surface area contributed by atoms with Crippen molar-refractivity contribution in [1.82, 2.24) is 20.0 Å². The van der Waals surface area contributed by atoms with Crippen molar-refractivity contribution in [3.8, 4) is 0 Å². The van der Waals surface area contributed by atoms with E-state index in [0.717, 1.165) is 18.7 Å². The monoisotopic (exact) mass is 384 g/mol. The van der Waals surface area contributed by atoms with Crippen LogP contribution in [-0.2, 0) is 18.4 Å². The number of nitrogens with one attached hydrogen (secondary N) is 1. The number of hydrogen-bond acceptors (Lipinski definition) is 3. The number of halogens is 1. The number of carbonyl (C=O) groups is 1. The molecule has 0 spiro atoms. The fourth-order valence-corrected chi connectivity index (χ4v) is 3.97. The van der Waals surface area contributed by atoms with Gasteiger partial charge in [0.1, 0.15) is 0 Å². The average molecular weight is 385 g/mol. The minimum absolute atomic E-state index is 0. The molecule has 0 saturated carbocycles. The van der Waals surface area contributed by atoms with Crippen LogP contribution in [0.3, 0.4) is 0 Å². The lowest BCUT2D eigenvalue weighted by molar-refractivity contribution is -0.134. The van der Waals surface area contributed by atoms with Crippen LogP contribution in [0.15, 0.2) is 54.9 Å². The van der Waals surface area contributed by atoms with Crippen molar-refractivity contribution in [2.24, 2.45) is 13.0 Å². The van der Waals surface area contributed by atoms with Gasteiger partial charge in [-0.15, -0.1) is 12.4 Å². The lowest BCUT2D eigenvalue weighted by Crippen LogP contribution is -2.35. The second-order valence-electron chi connectivity index (χ2n) is 7.15. The molecule has 1 aliphatic rings. The Morgan fingerprint density at radius 3 is 2.78 bits per heavy atom. The molecular weight excluding hydrogens is 360 g/mol.